The van der Waals surface area contributed by atoms with Gasteiger partial charge < -0.3 is 10.1 Å². The maximum atomic E-state index is 13.8. The second-order valence-electron chi connectivity index (χ2n) is 3.93. The molecule has 1 rings (SSSR count). The molecule has 0 fully saturated rings. The Morgan fingerprint density at radius 2 is 2.31 bits per heavy atom. The first-order valence-corrected chi connectivity index (χ1v) is 4.74. The summed E-state index contributed by atoms with van der Waals surface area (Å²) >= 11 is 0. The summed E-state index contributed by atoms with van der Waals surface area (Å²) < 4.78 is 19.1. The van der Waals surface area contributed by atoms with Gasteiger partial charge in [-0.2, -0.15) is 0 Å². The van der Waals surface area contributed by atoms with Gasteiger partial charge in [0.15, 0.2) is 6.17 Å². The van der Waals surface area contributed by atoms with Gasteiger partial charge in [0.25, 0.3) is 0 Å². The van der Waals surface area contributed by atoms with Gasteiger partial charge >= 0.3 is 0 Å². The summed E-state index contributed by atoms with van der Waals surface area (Å²) in [5, 5.41) is 2.94. The Morgan fingerprint density at radius 3 is 2.77 bits per heavy atom. The van der Waals surface area contributed by atoms with E-state index in [4.69, 9.17) is 4.74 Å². The van der Waals surface area contributed by atoms with E-state index in [9.17, 15) is 4.39 Å². The van der Waals surface area contributed by atoms with Crippen molar-refractivity contribution in [2.75, 3.05) is 13.7 Å². The maximum absolute atomic E-state index is 13.8. The molecule has 1 aliphatic rings. The highest BCUT2D eigenvalue weighted by molar-refractivity contribution is 5.09. The zero-order valence-corrected chi connectivity index (χ0v) is 8.56. The molecule has 0 aromatic heterocycles. The van der Waals surface area contributed by atoms with Crippen LogP contribution in [0.25, 0.3) is 0 Å². The topological polar surface area (TPSA) is 21.3 Å². The SMILES string of the molecule is CNC(C)(C)C(F)C1=CCCCO1. The van der Waals surface area contributed by atoms with E-state index in [0.717, 1.165) is 12.8 Å². The van der Waals surface area contributed by atoms with E-state index in [2.05, 4.69) is 5.32 Å². The van der Waals surface area contributed by atoms with Gasteiger partial charge in [-0.05, 0) is 39.8 Å². The monoisotopic (exact) mass is 187 g/mol. The second-order valence-corrected chi connectivity index (χ2v) is 3.93. The van der Waals surface area contributed by atoms with E-state index in [1.165, 1.54) is 0 Å². The molecule has 1 aliphatic heterocycles. The van der Waals surface area contributed by atoms with Crippen molar-refractivity contribution in [2.45, 2.75) is 38.4 Å². The predicted octanol–water partition coefficient (Wildman–Crippen LogP) is 2.02. The minimum absolute atomic E-state index is 0.491. The minimum Gasteiger partial charge on any atom is -0.495 e. The highest BCUT2D eigenvalue weighted by atomic mass is 19.1. The van der Waals surface area contributed by atoms with Crippen molar-refractivity contribution in [3.63, 3.8) is 0 Å². The van der Waals surface area contributed by atoms with Crippen LogP contribution in [-0.2, 0) is 4.74 Å². The number of hydrogen-bond donors (Lipinski definition) is 1. The molecule has 1 N–H and O–H groups in total. The number of allylic oxidation sites excluding steroid dienone is 1. The van der Waals surface area contributed by atoms with Gasteiger partial charge in [-0.1, -0.05) is 0 Å². The van der Waals surface area contributed by atoms with Crippen molar-refractivity contribution in [1.82, 2.24) is 5.32 Å². The third-order valence-corrected chi connectivity index (χ3v) is 2.49. The van der Waals surface area contributed by atoms with Crippen LogP contribution in [0.15, 0.2) is 11.8 Å². The average Bonchev–Trinajstić information content (AvgIpc) is 2.18. The Bertz CT molecular complexity index is 201. The molecule has 0 aliphatic carbocycles. The number of alkyl halides is 1. The molecular formula is C10H18FNO. The summed E-state index contributed by atoms with van der Waals surface area (Å²) in [7, 11) is 1.76. The van der Waals surface area contributed by atoms with Crippen LogP contribution in [-0.4, -0.2) is 25.4 Å². The molecule has 0 spiro atoms. The van der Waals surface area contributed by atoms with Gasteiger partial charge in [-0.15, -0.1) is 0 Å². The molecule has 0 amide bonds. The van der Waals surface area contributed by atoms with Crippen LogP contribution in [0.5, 0.6) is 0 Å². The van der Waals surface area contributed by atoms with Gasteiger partial charge in [0.2, 0.25) is 0 Å². The summed E-state index contributed by atoms with van der Waals surface area (Å²) in [5.74, 6) is 0.491. The smallest absolute Gasteiger partial charge is 0.174 e. The Kier molecular flexibility index (Phi) is 3.31. The molecule has 0 saturated carbocycles. The largest absolute Gasteiger partial charge is 0.495 e. The van der Waals surface area contributed by atoms with Crippen molar-refractivity contribution in [2.24, 2.45) is 0 Å². The normalized spacial score (nSPS) is 20.5. The summed E-state index contributed by atoms with van der Waals surface area (Å²) in [4.78, 5) is 0. The second kappa shape index (κ2) is 4.09. The molecule has 0 radical (unpaired) electrons. The molecule has 76 valence electrons. The van der Waals surface area contributed by atoms with Crippen molar-refractivity contribution < 1.29 is 9.13 Å². The molecular weight excluding hydrogens is 169 g/mol. The lowest BCUT2D eigenvalue weighted by Gasteiger charge is -2.30. The van der Waals surface area contributed by atoms with Crippen LogP contribution in [0.4, 0.5) is 4.39 Å². The zero-order chi connectivity index (χ0) is 9.90. The van der Waals surface area contributed by atoms with Crippen molar-refractivity contribution in [3.8, 4) is 0 Å². The quantitative estimate of drug-likeness (QED) is 0.729. The molecule has 1 heterocycles. The number of halogens is 1. The van der Waals surface area contributed by atoms with Gasteiger partial charge in [-0.25, -0.2) is 4.39 Å². The van der Waals surface area contributed by atoms with Crippen LogP contribution in [0.2, 0.25) is 0 Å². The third-order valence-electron chi connectivity index (χ3n) is 2.49. The van der Waals surface area contributed by atoms with Gasteiger partial charge in [0, 0.05) is 0 Å². The van der Waals surface area contributed by atoms with Crippen LogP contribution < -0.4 is 5.32 Å². The van der Waals surface area contributed by atoms with E-state index < -0.39 is 11.7 Å². The number of nitrogens with one attached hydrogen (secondary N) is 1. The van der Waals surface area contributed by atoms with Gasteiger partial charge in [0.05, 0.1) is 12.1 Å². The highest BCUT2D eigenvalue weighted by Crippen LogP contribution is 2.24. The number of ether oxygens (including phenoxy) is 1. The fourth-order valence-electron chi connectivity index (χ4n) is 1.24. The molecule has 3 heteroatoms. The van der Waals surface area contributed by atoms with Crippen LogP contribution in [0.3, 0.4) is 0 Å². The molecule has 0 saturated heterocycles. The lowest BCUT2D eigenvalue weighted by Crippen LogP contribution is -2.46. The molecule has 0 bridgehead atoms. The predicted molar refractivity (Wildman–Crippen MR) is 51.3 cm³/mol. The Labute approximate surface area is 79.2 Å². The first-order chi connectivity index (χ1) is 6.08. The maximum Gasteiger partial charge on any atom is 0.174 e. The molecule has 2 nitrogen and oxygen atoms in total. The van der Waals surface area contributed by atoms with E-state index in [1.807, 2.05) is 19.9 Å². The summed E-state index contributed by atoms with van der Waals surface area (Å²) in [5.41, 5.74) is -0.552. The van der Waals surface area contributed by atoms with E-state index in [-0.39, 0.29) is 0 Å². The molecule has 0 aromatic carbocycles. The van der Waals surface area contributed by atoms with Gasteiger partial charge in [-0.3, -0.25) is 0 Å². The highest BCUT2D eigenvalue weighted by Gasteiger charge is 2.32. The van der Waals surface area contributed by atoms with E-state index >= 15 is 0 Å². The van der Waals surface area contributed by atoms with Crippen LogP contribution in [0.1, 0.15) is 26.7 Å². The molecule has 13 heavy (non-hydrogen) atoms. The molecule has 1 atom stereocenters. The minimum atomic E-state index is -1.06. The van der Waals surface area contributed by atoms with Crippen LogP contribution in [0, 0.1) is 0 Å². The first kappa shape index (κ1) is 10.5. The fraction of sp³-hybridized carbons (Fsp3) is 0.800. The summed E-state index contributed by atoms with van der Waals surface area (Å²) in [6.07, 6.45) is 2.72. The first-order valence-electron chi connectivity index (χ1n) is 4.74. The zero-order valence-electron chi connectivity index (χ0n) is 8.56. The lowest BCUT2D eigenvalue weighted by atomic mass is 9.96. The Hall–Kier alpha value is -0.570. The number of rotatable bonds is 3. The van der Waals surface area contributed by atoms with E-state index in [0.29, 0.717) is 12.4 Å². The van der Waals surface area contributed by atoms with E-state index in [1.54, 1.807) is 7.05 Å². The fourth-order valence-corrected chi connectivity index (χ4v) is 1.24. The third kappa shape index (κ3) is 2.44. The Balaban J connectivity index is 2.65. The molecule has 1 unspecified atom stereocenters. The van der Waals surface area contributed by atoms with Crippen molar-refractivity contribution in [3.05, 3.63) is 11.8 Å². The standard InChI is InChI=1S/C10H18FNO/c1-10(2,12-3)9(11)8-6-4-5-7-13-8/h6,9,12H,4-5,7H2,1-3H3. The summed E-state index contributed by atoms with van der Waals surface area (Å²) in [6.45, 7) is 4.30. The van der Waals surface area contributed by atoms with Gasteiger partial charge in [0.1, 0.15) is 5.76 Å². The summed E-state index contributed by atoms with van der Waals surface area (Å²) in [6, 6.07) is 0. The van der Waals surface area contributed by atoms with Crippen molar-refractivity contribution in [1.29, 1.82) is 0 Å². The lowest BCUT2D eigenvalue weighted by molar-refractivity contribution is 0.0990. The Morgan fingerprint density at radius 1 is 1.62 bits per heavy atom. The van der Waals surface area contributed by atoms with Crippen molar-refractivity contribution >= 4 is 0 Å². The van der Waals surface area contributed by atoms with Crippen LogP contribution >= 0.6 is 0 Å². The molecule has 0 aromatic rings. The number of hydrogen-bond acceptors (Lipinski definition) is 2. The average molecular weight is 187 g/mol.